The van der Waals surface area contributed by atoms with Crippen molar-refractivity contribution in [2.75, 3.05) is 28.4 Å². The van der Waals surface area contributed by atoms with E-state index in [1.165, 1.54) is 14.2 Å². The first-order valence-electron chi connectivity index (χ1n) is 34.3. The molecule has 3 atom stereocenters. The molecule has 0 aliphatic rings. The quantitative estimate of drug-likeness (QED) is 0.0769. The maximum absolute atomic E-state index is 13.2. The third-order valence-electron chi connectivity index (χ3n) is 18.3. The summed E-state index contributed by atoms with van der Waals surface area (Å²) in [6, 6.07) is 38.7. The molecular formula is C84H95Cl3N6O11. The van der Waals surface area contributed by atoms with E-state index in [0.29, 0.717) is 61.9 Å². The summed E-state index contributed by atoms with van der Waals surface area (Å²) in [4.78, 5) is 56.7. The number of aromatic nitrogens is 6. The number of carboxylic acid groups (broad SMARTS) is 1. The maximum Gasteiger partial charge on any atom is 0.339 e. The lowest BCUT2D eigenvalue weighted by atomic mass is 9.91. The van der Waals surface area contributed by atoms with E-state index in [1.807, 2.05) is 206 Å². The van der Waals surface area contributed by atoms with Gasteiger partial charge in [-0.05, 0) is 230 Å². The fourth-order valence-electron chi connectivity index (χ4n) is 13.1. The number of fused-ring (bicyclic) bond motifs is 3. The third kappa shape index (κ3) is 17.5. The van der Waals surface area contributed by atoms with Crippen LogP contribution in [0.4, 0.5) is 0 Å². The third-order valence-corrected chi connectivity index (χ3v) is 19.0. The normalized spacial score (nSPS) is 12.7. The second-order valence-corrected chi connectivity index (χ2v) is 30.3. The number of H-pyrrole nitrogens is 1. The average molecular weight is 1470 g/mol. The Morgan fingerprint density at radius 3 is 1.05 bits per heavy atom. The van der Waals surface area contributed by atoms with Gasteiger partial charge in [0, 0.05) is 112 Å². The zero-order valence-electron chi connectivity index (χ0n) is 63.6. The molecule has 6 heterocycles. The first-order valence-corrected chi connectivity index (χ1v) is 35.5. The first-order chi connectivity index (χ1) is 48.9. The van der Waals surface area contributed by atoms with Gasteiger partial charge in [0.1, 0.15) is 28.4 Å². The molecule has 0 saturated heterocycles. The molecule has 548 valence electrons. The lowest BCUT2D eigenvalue weighted by molar-refractivity contribution is -0.164. The van der Waals surface area contributed by atoms with Crippen LogP contribution in [-0.2, 0) is 51.2 Å². The summed E-state index contributed by atoms with van der Waals surface area (Å²) in [5, 5.41) is 15.0. The van der Waals surface area contributed by atoms with Crippen LogP contribution in [0.3, 0.4) is 0 Å². The molecule has 0 fully saturated rings. The topological polar surface area (TPSA) is 200 Å². The van der Waals surface area contributed by atoms with Crippen LogP contribution in [0, 0.1) is 62.3 Å². The molecule has 0 radical (unpaired) electrons. The minimum atomic E-state index is -1.19. The molecule has 11 aromatic rings. The van der Waals surface area contributed by atoms with E-state index in [-0.39, 0.29) is 0 Å². The minimum absolute atomic E-state index is 0.454. The van der Waals surface area contributed by atoms with Crippen LogP contribution in [0.2, 0.25) is 15.1 Å². The van der Waals surface area contributed by atoms with Crippen molar-refractivity contribution in [3.8, 4) is 44.9 Å². The Hall–Kier alpha value is -9.07. The summed E-state index contributed by atoms with van der Waals surface area (Å²) < 4.78 is 44.0. The zero-order chi connectivity index (χ0) is 76.4. The number of halogens is 3. The first kappa shape index (κ1) is 79.1. The number of hydrogen-bond acceptors (Lipinski definition) is 13. The van der Waals surface area contributed by atoms with Gasteiger partial charge < -0.3 is 52.4 Å². The average Bonchev–Trinajstić information content (AvgIpc) is 1.52. The summed E-state index contributed by atoms with van der Waals surface area (Å²) in [6.07, 6.45) is -3.04. The molecule has 17 nitrogen and oxygen atoms in total. The van der Waals surface area contributed by atoms with Gasteiger partial charge in [-0.2, -0.15) is 0 Å². The smallest absolute Gasteiger partial charge is 0.339 e. The van der Waals surface area contributed by atoms with Crippen LogP contribution >= 0.6 is 34.8 Å². The van der Waals surface area contributed by atoms with Gasteiger partial charge >= 0.3 is 17.9 Å². The standard InChI is InChI=1S/C31H35ClN2O4.C30H33ClN2O4.C23H27ClN2O3/c1-18-20(3)34(17-21-9-15-24(36-7)16-10-21)29-25(18)27(22-11-13-23(32)14-12-22)26(19(2)33-29)28(30(35)37-8)38-31(4,5)6;1-17-19(3)33(16-20-8-14-23(36-7)15-9-20)28-24(17)26(21-10-12-22(31)13-11-21)25(18(2)32-28)27(29(34)35)37-30(4,5)6;1-12-13(2)25-21-17(12)19(15-8-10-16(24)11-9-15)18(14(3)26-21)20(22(27)28-7)29-23(4,5)6/h9-16,28H,17H2,1-8H3;8-15,27H,16H2,1-7H3,(H,34,35);8-11,20H,1-7H3,(H,25,26). The van der Waals surface area contributed by atoms with Crippen molar-refractivity contribution in [2.24, 2.45) is 0 Å². The molecule has 2 N–H and O–H groups in total. The summed E-state index contributed by atoms with van der Waals surface area (Å²) in [6.45, 7) is 36.4. The number of nitrogens with zero attached hydrogens (tertiary/aromatic N) is 5. The van der Waals surface area contributed by atoms with Gasteiger partial charge in [0.25, 0.3) is 0 Å². The SMILES string of the molecule is COC(=O)C(OC(C)(C)C)c1c(C)nc2[nH]c(C)c(C)c2c1-c1ccc(Cl)cc1.COC(=O)C(OC(C)(C)C)c1c(C)nc2c(c(C)c(C)n2Cc2ccc(OC)cc2)c1-c1ccc(Cl)cc1.COc1ccc(Cn2c(C)c(C)c3c(-c4ccc(Cl)cc4)c(C(OC(C)(C)C)C(=O)O)c(C)nc32)cc1. The number of methoxy groups -OCH3 is 4. The number of aryl methyl sites for hydroxylation is 7. The van der Waals surface area contributed by atoms with Gasteiger partial charge in [-0.15, -0.1) is 0 Å². The molecule has 20 heteroatoms. The Labute approximate surface area is 625 Å². The van der Waals surface area contributed by atoms with Crippen molar-refractivity contribution in [3.63, 3.8) is 0 Å². The highest BCUT2D eigenvalue weighted by atomic mass is 35.5. The number of ether oxygens (including phenoxy) is 7. The predicted molar refractivity (Wildman–Crippen MR) is 416 cm³/mol. The molecular weight excluding hydrogens is 1380 g/mol. The Kier molecular flexibility index (Phi) is 24.4. The van der Waals surface area contributed by atoms with E-state index in [0.717, 1.165) is 123 Å². The Morgan fingerprint density at radius 1 is 0.433 bits per heavy atom. The van der Waals surface area contributed by atoms with Gasteiger partial charge in [0.2, 0.25) is 0 Å². The fraction of sp³-hybridized carbons (Fsp3) is 0.357. The molecule has 0 aliphatic heterocycles. The second-order valence-electron chi connectivity index (χ2n) is 29.0. The van der Waals surface area contributed by atoms with Crippen molar-refractivity contribution >= 4 is 85.8 Å². The lowest BCUT2D eigenvalue weighted by Gasteiger charge is -2.29. The van der Waals surface area contributed by atoms with Crippen LogP contribution in [0.1, 0.15) is 159 Å². The zero-order valence-corrected chi connectivity index (χ0v) is 65.9. The molecule has 0 bridgehead atoms. The van der Waals surface area contributed by atoms with Crippen molar-refractivity contribution in [1.82, 2.24) is 29.1 Å². The van der Waals surface area contributed by atoms with E-state index in [9.17, 15) is 19.5 Å². The van der Waals surface area contributed by atoms with Crippen molar-refractivity contribution in [3.05, 3.63) is 215 Å². The van der Waals surface area contributed by atoms with Crippen molar-refractivity contribution < 1.29 is 52.6 Å². The maximum atomic E-state index is 13.2. The summed E-state index contributed by atoms with van der Waals surface area (Å²) in [7, 11) is 6.06. The number of aromatic amines is 1. The number of aliphatic carboxylic acids is 1. The van der Waals surface area contributed by atoms with E-state index in [1.54, 1.807) is 14.2 Å². The van der Waals surface area contributed by atoms with Crippen molar-refractivity contribution in [1.29, 1.82) is 0 Å². The van der Waals surface area contributed by atoms with E-state index < -0.39 is 53.0 Å². The number of benzene rings is 5. The summed E-state index contributed by atoms with van der Waals surface area (Å²) >= 11 is 18.6. The van der Waals surface area contributed by atoms with Crippen molar-refractivity contribution in [2.45, 2.75) is 173 Å². The lowest BCUT2D eigenvalue weighted by Crippen LogP contribution is -2.29. The Morgan fingerprint density at radius 2 is 0.740 bits per heavy atom. The van der Waals surface area contributed by atoms with E-state index >= 15 is 0 Å². The number of rotatable bonds is 18. The highest BCUT2D eigenvalue weighted by Gasteiger charge is 2.38. The number of pyridine rings is 3. The van der Waals surface area contributed by atoms with Gasteiger partial charge in [-0.3, -0.25) is 0 Å². The van der Waals surface area contributed by atoms with Crippen LogP contribution in [0.5, 0.6) is 11.5 Å². The highest BCUT2D eigenvalue weighted by molar-refractivity contribution is 6.31. The molecule has 11 rings (SSSR count). The summed E-state index contributed by atoms with van der Waals surface area (Å²) in [5.41, 5.74) is 18.6. The number of esters is 2. The van der Waals surface area contributed by atoms with Crippen LogP contribution in [0.25, 0.3) is 66.5 Å². The minimum Gasteiger partial charge on any atom is -0.497 e. The number of carbonyl (C=O) groups excluding carboxylic acids is 2. The fourth-order valence-corrected chi connectivity index (χ4v) is 13.5. The molecule has 3 unspecified atom stereocenters. The number of carboxylic acids is 1. The highest BCUT2D eigenvalue weighted by Crippen LogP contribution is 2.47. The molecule has 6 aromatic heterocycles. The second kappa shape index (κ2) is 32.1. The van der Waals surface area contributed by atoms with Crippen LogP contribution < -0.4 is 9.47 Å². The predicted octanol–water partition coefficient (Wildman–Crippen LogP) is 20.5. The van der Waals surface area contributed by atoms with Gasteiger partial charge in [-0.25, -0.2) is 29.3 Å². The Balaban J connectivity index is 0.000000183. The largest absolute Gasteiger partial charge is 0.497 e. The molecule has 5 aromatic carbocycles. The Bertz CT molecular complexity index is 4960. The number of carbonyl (C=O) groups is 3. The van der Waals surface area contributed by atoms with Gasteiger partial charge in [-0.1, -0.05) is 95.5 Å². The molecule has 0 saturated carbocycles. The number of nitrogens with one attached hydrogen (secondary N) is 1. The molecule has 0 amide bonds. The van der Waals surface area contributed by atoms with E-state index in [4.69, 9.17) is 82.9 Å². The number of hydrogen-bond donors (Lipinski definition) is 2. The van der Waals surface area contributed by atoms with Gasteiger partial charge in [0.05, 0.1) is 45.2 Å². The van der Waals surface area contributed by atoms with E-state index in [2.05, 4.69) is 53.9 Å². The molecule has 104 heavy (non-hydrogen) atoms. The van der Waals surface area contributed by atoms with Crippen LogP contribution in [-0.4, -0.2) is 97.3 Å². The molecule has 0 aliphatic carbocycles. The monoisotopic (exact) mass is 1470 g/mol. The van der Waals surface area contributed by atoms with Gasteiger partial charge in [0.15, 0.2) is 18.3 Å². The van der Waals surface area contributed by atoms with Crippen LogP contribution in [0.15, 0.2) is 121 Å². The summed E-state index contributed by atoms with van der Waals surface area (Å²) in [5.74, 6) is -0.358. The molecule has 0 spiro atoms.